The molecule has 0 aliphatic heterocycles. The van der Waals surface area contributed by atoms with Crippen LogP contribution in [-0.2, 0) is 14.8 Å². The monoisotopic (exact) mass is 407 g/mol. The Morgan fingerprint density at radius 1 is 1.18 bits per heavy atom. The normalized spacial score (nSPS) is 10.9. The maximum atomic E-state index is 13.3. The summed E-state index contributed by atoms with van der Waals surface area (Å²) >= 11 is 0. The smallest absolute Gasteiger partial charge is 0.338 e. The molecule has 0 bridgehead atoms. The summed E-state index contributed by atoms with van der Waals surface area (Å²) in [7, 11) is -2.39. The van der Waals surface area contributed by atoms with E-state index in [1.807, 2.05) is 0 Å². The maximum absolute atomic E-state index is 13.3. The first-order valence-electron chi connectivity index (χ1n) is 8.03. The van der Waals surface area contributed by atoms with Gasteiger partial charge in [-0.15, -0.1) is 6.58 Å². The second-order valence-corrected chi connectivity index (χ2v) is 7.28. The molecule has 0 saturated heterocycles. The zero-order valence-electron chi connectivity index (χ0n) is 15.0. The summed E-state index contributed by atoms with van der Waals surface area (Å²) in [4.78, 5) is 24.2. The molecule has 0 spiro atoms. The van der Waals surface area contributed by atoms with Crippen molar-refractivity contribution in [2.45, 2.75) is 4.90 Å². The third-order valence-electron chi connectivity index (χ3n) is 3.61. The minimum absolute atomic E-state index is 0.0357. The van der Waals surface area contributed by atoms with E-state index in [4.69, 9.17) is 9.47 Å². The van der Waals surface area contributed by atoms with E-state index in [0.29, 0.717) is 0 Å². The van der Waals surface area contributed by atoms with E-state index in [-0.39, 0.29) is 28.3 Å². The number of ketones is 1. The van der Waals surface area contributed by atoms with Crippen molar-refractivity contribution in [3.05, 3.63) is 72.1 Å². The Balaban J connectivity index is 2.05. The molecule has 0 atom stereocenters. The highest BCUT2D eigenvalue weighted by Gasteiger charge is 2.18. The van der Waals surface area contributed by atoms with Gasteiger partial charge in [0, 0.05) is 6.54 Å². The number of benzene rings is 2. The average molecular weight is 407 g/mol. The van der Waals surface area contributed by atoms with Crippen molar-refractivity contribution >= 4 is 21.8 Å². The molecule has 1 N–H and O–H groups in total. The number of ether oxygens (including phenoxy) is 2. The third-order valence-corrected chi connectivity index (χ3v) is 5.05. The van der Waals surface area contributed by atoms with Gasteiger partial charge in [-0.2, -0.15) is 0 Å². The number of esters is 1. The number of methoxy groups -OCH3 is 1. The molecule has 0 amide bonds. The number of rotatable bonds is 9. The van der Waals surface area contributed by atoms with Crippen LogP contribution in [0.15, 0.2) is 60.0 Å². The van der Waals surface area contributed by atoms with Crippen molar-refractivity contribution in [3.8, 4) is 5.75 Å². The van der Waals surface area contributed by atoms with Crippen LogP contribution >= 0.6 is 0 Å². The van der Waals surface area contributed by atoms with Gasteiger partial charge in [-0.1, -0.05) is 6.08 Å². The van der Waals surface area contributed by atoms with Gasteiger partial charge in [0.2, 0.25) is 15.8 Å². The minimum atomic E-state index is -3.72. The number of hydrogen-bond donors (Lipinski definition) is 1. The van der Waals surface area contributed by atoms with Gasteiger partial charge in [0.1, 0.15) is 11.6 Å². The molecule has 0 radical (unpaired) electrons. The van der Waals surface area contributed by atoms with Crippen LogP contribution in [0.5, 0.6) is 5.75 Å². The van der Waals surface area contributed by atoms with Gasteiger partial charge in [0.05, 0.1) is 23.1 Å². The molecule has 0 aromatic heterocycles. The number of carbonyl (C=O) groups is 2. The number of Topliss-reactive ketones (excluding diaryl/α,β-unsaturated/α-hetero) is 1. The van der Waals surface area contributed by atoms with Crippen LogP contribution in [0.4, 0.5) is 4.39 Å². The van der Waals surface area contributed by atoms with Crippen LogP contribution < -0.4 is 9.46 Å². The van der Waals surface area contributed by atoms with Gasteiger partial charge in [-0.05, 0) is 42.5 Å². The van der Waals surface area contributed by atoms with Crippen molar-refractivity contribution < 1.29 is 31.9 Å². The fourth-order valence-corrected chi connectivity index (χ4v) is 3.21. The van der Waals surface area contributed by atoms with Crippen molar-refractivity contribution in [1.82, 2.24) is 4.72 Å². The van der Waals surface area contributed by atoms with Crippen LogP contribution in [-0.4, -0.2) is 40.4 Å². The first-order chi connectivity index (χ1) is 13.3. The molecular weight excluding hydrogens is 389 g/mol. The summed E-state index contributed by atoms with van der Waals surface area (Å²) in [5.74, 6) is -1.94. The molecule has 2 aromatic rings. The average Bonchev–Trinajstić information content (AvgIpc) is 2.70. The zero-order chi connectivity index (χ0) is 20.7. The number of nitrogens with one attached hydrogen (secondary N) is 1. The summed E-state index contributed by atoms with van der Waals surface area (Å²) in [5.41, 5.74) is 0.00622. The van der Waals surface area contributed by atoms with E-state index in [1.54, 1.807) is 0 Å². The van der Waals surface area contributed by atoms with E-state index in [0.717, 1.165) is 12.1 Å². The second-order valence-electron chi connectivity index (χ2n) is 5.51. The maximum Gasteiger partial charge on any atom is 0.338 e. The van der Waals surface area contributed by atoms with E-state index in [2.05, 4.69) is 11.3 Å². The molecule has 148 valence electrons. The van der Waals surface area contributed by atoms with Gasteiger partial charge < -0.3 is 9.47 Å². The lowest BCUT2D eigenvalue weighted by Crippen LogP contribution is -2.23. The zero-order valence-corrected chi connectivity index (χ0v) is 15.8. The minimum Gasteiger partial charge on any atom is -0.496 e. The summed E-state index contributed by atoms with van der Waals surface area (Å²) < 4.78 is 49.5. The number of sulfonamides is 1. The molecular formula is C19H18FNO6S. The topological polar surface area (TPSA) is 98.8 Å². The largest absolute Gasteiger partial charge is 0.496 e. The molecule has 0 unspecified atom stereocenters. The summed E-state index contributed by atoms with van der Waals surface area (Å²) in [6.45, 7) is 2.86. The Hall–Kier alpha value is -3.04. The number of halogens is 1. The Labute approximate surface area is 161 Å². The second kappa shape index (κ2) is 9.25. The predicted octanol–water partition coefficient (Wildman–Crippen LogP) is 2.34. The number of carbonyl (C=O) groups excluding carboxylic acids is 2. The van der Waals surface area contributed by atoms with Crippen LogP contribution in [0, 0.1) is 5.82 Å². The Morgan fingerprint density at radius 2 is 1.86 bits per heavy atom. The van der Waals surface area contributed by atoms with Gasteiger partial charge >= 0.3 is 5.97 Å². The SMILES string of the molecule is C=CCNS(=O)(=O)c1ccc(C(=O)OCC(=O)c2cc(F)ccc2OC)cc1. The van der Waals surface area contributed by atoms with E-state index in [9.17, 15) is 22.4 Å². The fourth-order valence-electron chi connectivity index (χ4n) is 2.21. The van der Waals surface area contributed by atoms with Gasteiger partial charge in [0.15, 0.2) is 6.61 Å². The van der Waals surface area contributed by atoms with Crippen LogP contribution in [0.1, 0.15) is 20.7 Å². The van der Waals surface area contributed by atoms with E-state index >= 15 is 0 Å². The molecule has 7 nitrogen and oxygen atoms in total. The first-order valence-corrected chi connectivity index (χ1v) is 9.51. The highest BCUT2D eigenvalue weighted by molar-refractivity contribution is 7.89. The highest BCUT2D eigenvalue weighted by Crippen LogP contribution is 2.20. The van der Waals surface area contributed by atoms with Crippen LogP contribution in [0.2, 0.25) is 0 Å². The van der Waals surface area contributed by atoms with Crippen molar-refractivity contribution in [2.75, 3.05) is 20.3 Å². The third kappa shape index (κ3) is 5.24. The molecule has 0 aliphatic carbocycles. The fraction of sp³-hybridized carbons (Fsp3) is 0.158. The predicted molar refractivity (Wildman–Crippen MR) is 99.4 cm³/mol. The molecule has 9 heteroatoms. The van der Waals surface area contributed by atoms with Crippen molar-refractivity contribution in [2.24, 2.45) is 0 Å². The Morgan fingerprint density at radius 3 is 2.46 bits per heavy atom. The molecule has 28 heavy (non-hydrogen) atoms. The van der Waals surface area contributed by atoms with Gasteiger partial charge in [0.25, 0.3) is 0 Å². The molecule has 2 aromatic carbocycles. The number of hydrogen-bond acceptors (Lipinski definition) is 6. The van der Waals surface area contributed by atoms with Gasteiger partial charge in [-0.25, -0.2) is 22.3 Å². The molecule has 0 heterocycles. The summed E-state index contributed by atoms with van der Waals surface area (Å²) in [5, 5.41) is 0. The quantitative estimate of drug-likeness (QED) is 0.389. The summed E-state index contributed by atoms with van der Waals surface area (Å²) in [6.07, 6.45) is 1.40. The lowest BCUT2D eigenvalue weighted by molar-refractivity contribution is 0.0474. The Bertz CT molecular complexity index is 986. The van der Waals surface area contributed by atoms with E-state index in [1.165, 1.54) is 43.5 Å². The molecule has 0 fully saturated rings. The lowest BCUT2D eigenvalue weighted by atomic mass is 10.1. The summed E-state index contributed by atoms with van der Waals surface area (Å²) in [6, 6.07) is 8.42. The lowest BCUT2D eigenvalue weighted by Gasteiger charge is -2.09. The van der Waals surface area contributed by atoms with Crippen molar-refractivity contribution in [1.29, 1.82) is 0 Å². The highest BCUT2D eigenvalue weighted by atomic mass is 32.2. The first kappa shape index (κ1) is 21.3. The van der Waals surface area contributed by atoms with Gasteiger partial charge in [-0.3, -0.25) is 4.79 Å². The van der Waals surface area contributed by atoms with Crippen LogP contribution in [0.3, 0.4) is 0 Å². The molecule has 0 aliphatic rings. The van der Waals surface area contributed by atoms with Crippen LogP contribution in [0.25, 0.3) is 0 Å². The standard InChI is InChI=1S/C19H18FNO6S/c1-3-10-21-28(24,25)15-7-4-13(5-8-15)19(23)27-12-17(22)16-11-14(20)6-9-18(16)26-2/h3-9,11,21H,1,10,12H2,2H3. The van der Waals surface area contributed by atoms with Crippen molar-refractivity contribution in [3.63, 3.8) is 0 Å². The molecule has 0 saturated carbocycles. The molecule has 2 rings (SSSR count). The van der Waals surface area contributed by atoms with E-state index < -0.39 is 34.2 Å². The Kier molecular flexibility index (Phi) is 7.02.